The van der Waals surface area contributed by atoms with Gasteiger partial charge in [-0.1, -0.05) is 0 Å². The fourth-order valence-corrected chi connectivity index (χ4v) is 3.90. The number of aromatic nitrogens is 4. The largest absolute Gasteiger partial charge is 0.444 e. The Hall–Kier alpha value is -2.48. The van der Waals surface area contributed by atoms with E-state index in [0.717, 1.165) is 48.5 Å². The second kappa shape index (κ2) is 7.74. The second-order valence-electron chi connectivity index (χ2n) is 8.68. The zero-order valence-electron chi connectivity index (χ0n) is 17.6. The van der Waals surface area contributed by atoms with Crippen LogP contribution in [-0.4, -0.2) is 49.5 Å². The van der Waals surface area contributed by atoms with Gasteiger partial charge in [-0.3, -0.25) is 0 Å². The van der Waals surface area contributed by atoms with Crippen molar-refractivity contribution < 1.29 is 14.3 Å². The van der Waals surface area contributed by atoms with Gasteiger partial charge in [-0.05, 0) is 59.4 Å². The lowest BCUT2D eigenvalue weighted by Crippen LogP contribution is -2.40. The van der Waals surface area contributed by atoms with Crippen molar-refractivity contribution in [3.63, 3.8) is 0 Å². The van der Waals surface area contributed by atoms with Crippen molar-refractivity contribution in [3.05, 3.63) is 29.3 Å². The highest BCUT2D eigenvalue weighted by molar-refractivity contribution is 5.69. The van der Waals surface area contributed by atoms with Crippen molar-refractivity contribution in [3.8, 4) is 11.4 Å². The number of nitrogens with zero attached hydrogens (tertiary/aromatic N) is 5. The minimum Gasteiger partial charge on any atom is -0.444 e. The molecule has 156 valence electrons. The Balaban J connectivity index is 1.64. The average molecular weight is 399 g/mol. The summed E-state index contributed by atoms with van der Waals surface area (Å²) in [6.45, 7) is 9.28. The summed E-state index contributed by atoms with van der Waals surface area (Å²) in [6, 6.07) is 1.99. The molecule has 4 heterocycles. The van der Waals surface area contributed by atoms with Crippen LogP contribution in [0.4, 0.5) is 4.79 Å². The maximum Gasteiger partial charge on any atom is 0.410 e. The first kappa shape index (κ1) is 19.8. The lowest BCUT2D eigenvalue weighted by molar-refractivity contribution is -0.0384. The zero-order valence-corrected chi connectivity index (χ0v) is 17.6. The third-order valence-electron chi connectivity index (χ3n) is 5.17. The second-order valence-corrected chi connectivity index (χ2v) is 8.68. The fourth-order valence-electron chi connectivity index (χ4n) is 3.90. The first-order chi connectivity index (χ1) is 13.8. The molecule has 0 spiro atoms. The molecule has 2 aromatic heterocycles. The Bertz CT molecular complexity index is 896. The predicted octanol–water partition coefficient (Wildman–Crippen LogP) is 3.64. The van der Waals surface area contributed by atoms with Crippen molar-refractivity contribution in [2.45, 2.75) is 71.8 Å². The van der Waals surface area contributed by atoms with Crippen LogP contribution >= 0.6 is 0 Å². The monoisotopic (exact) mass is 399 g/mol. The van der Waals surface area contributed by atoms with Crippen LogP contribution in [0.15, 0.2) is 12.3 Å². The summed E-state index contributed by atoms with van der Waals surface area (Å²) in [5, 5.41) is 4.53. The van der Waals surface area contributed by atoms with Gasteiger partial charge in [0.15, 0.2) is 6.23 Å². The van der Waals surface area contributed by atoms with Crippen molar-refractivity contribution in [2.24, 2.45) is 0 Å². The number of hydrogen-bond acceptors (Lipinski definition) is 6. The molecule has 8 heteroatoms. The van der Waals surface area contributed by atoms with E-state index < -0.39 is 5.60 Å². The molecule has 2 aliphatic rings. The molecule has 2 aliphatic heterocycles. The summed E-state index contributed by atoms with van der Waals surface area (Å²) in [5.74, 6) is 0.683. The van der Waals surface area contributed by atoms with Crippen molar-refractivity contribution >= 4 is 6.09 Å². The predicted molar refractivity (Wildman–Crippen MR) is 107 cm³/mol. The molecule has 1 atom stereocenters. The summed E-state index contributed by atoms with van der Waals surface area (Å²) in [6.07, 6.45) is 5.30. The molecular formula is C21H29N5O3. The third-order valence-corrected chi connectivity index (χ3v) is 5.17. The molecule has 0 bridgehead atoms. The van der Waals surface area contributed by atoms with Crippen LogP contribution in [0.25, 0.3) is 11.4 Å². The number of rotatable bonds is 2. The minimum atomic E-state index is -0.517. The number of fused-ring (bicyclic) bond motifs is 1. The molecule has 0 aliphatic carbocycles. The van der Waals surface area contributed by atoms with Gasteiger partial charge >= 0.3 is 6.09 Å². The summed E-state index contributed by atoms with van der Waals surface area (Å²) in [7, 11) is 0. The van der Waals surface area contributed by atoms with E-state index in [9.17, 15) is 4.79 Å². The van der Waals surface area contributed by atoms with E-state index >= 15 is 0 Å². The summed E-state index contributed by atoms with van der Waals surface area (Å²) < 4.78 is 13.4. The van der Waals surface area contributed by atoms with Gasteiger partial charge in [0.1, 0.15) is 11.4 Å². The Kier molecular flexibility index (Phi) is 5.29. The van der Waals surface area contributed by atoms with Crippen LogP contribution in [0.2, 0.25) is 0 Å². The van der Waals surface area contributed by atoms with Gasteiger partial charge in [-0.15, -0.1) is 0 Å². The molecule has 2 aromatic rings. The molecule has 29 heavy (non-hydrogen) atoms. The van der Waals surface area contributed by atoms with Crippen LogP contribution in [-0.2, 0) is 22.4 Å². The van der Waals surface area contributed by atoms with Crippen LogP contribution in [0.3, 0.4) is 0 Å². The first-order valence-electron chi connectivity index (χ1n) is 10.3. The summed E-state index contributed by atoms with van der Waals surface area (Å²) in [5.41, 5.74) is 3.28. The standard InChI is InChI=1S/C21H29N5O3/c1-14-23-16-13-25(20(27)29-21(2,3)4)11-9-15(16)19(24-14)17-8-10-22-26(17)18-7-5-6-12-28-18/h8,10,18H,5-7,9,11-13H2,1-4H3/t18-/m0/s1. The normalized spacial score (nSPS) is 19.7. The lowest BCUT2D eigenvalue weighted by Gasteiger charge is -2.31. The molecule has 0 saturated carbocycles. The third kappa shape index (κ3) is 4.27. The van der Waals surface area contributed by atoms with Crippen LogP contribution in [0.1, 0.15) is 63.3 Å². The smallest absolute Gasteiger partial charge is 0.410 e. The van der Waals surface area contributed by atoms with Crippen molar-refractivity contribution in [1.29, 1.82) is 0 Å². The minimum absolute atomic E-state index is 0.0541. The molecule has 0 aromatic carbocycles. The number of ether oxygens (including phenoxy) is 2. The molecule has 0 N–H and O–H groups in total. The van der Waals surface area contributed by atoms with Crippen LogP contribution in [0.5, 0.6) is 0 Å². The Morgan fingerprint density at radius 2 is 2.10 bits per heavy atom. The van der Waals surface area contributed by atoms with E-state index in [1.54, 1.807) is 11.1 Å². The number of hydrogen-bond donors (Lipinski definition) is 0. The Labute approximate surface area is 171 Å². The van der Waals surface area contributed by atoms with Crippen LogP contribution in [0, 0.1) is 6.92 Å². The van der Waals surface area contributed by atoms with E-state index in [4.69, 9.17) is 14.5 Å². The van der Waals surface area contributed by atoms with E-state index in [-0.39, 0.29) is 12.3 Å². The lowest BCUT2D eigenvalue weighted by atomic mass is 10.0. The van der Waals surface area contributed by atoms with Gasteiger partial charge in [0, 0.05) is 24.9 Å². The zero-order chi connectivity index (χ0) is 20.6. The maximum absolute atomic E-state index is 12.5. The summed E-state index contributed by atoms with van der Waals surface area (Å²) >= 11 is 0. The quantitative estimate of drug-likeness (QED) is 0.767. The average Bonchev–Trinajstić information content (AvgIpc) is 3.16. The van der Waals surface area contributed by atoms with E-state index in [1.807, 2.05) is 38.4 Å². The van der Waals surface area contributed by atoms with Gasteiger partial charge in [0.05, 0.1) is 23.6 Å². The number of amides is 1. The molecule has 1 fully saturated rings. The van der Waals surface area contributed by atoms with E-state index in [1.165, 1.54) is 0 Å². The topological polar surface area (TPSA) is 82.4 Å². The number of carbonyl (C=O) groups is 1. The first-order valence-corrected chi connectivity index (χ1v) is 10.3. The fraction of sp³-hybridized carbons (Fsp3) is 0.619. The molecule has 8 nitrogen and oxygen atoms in total. The van der Waals surface area contributed by atoms with Crippen molar-refractivity contribution in [1.82, 2.24) is 24.6 Å². The van der Waals surface area contributed by atoms with Gasteiger partial charge in [-0.25, -0.2) is 19.4 Å². The van der Waals surface area contributed by atoms with Gasteiger partial charge in [0.25, 0.3) is 0 Å². The summed E-state index contributed by atoms with van der Waals surface area (Å²) in [4.78, 5) is 23.6. The molecule has 1 saturated heterocycles. The number of carbonyl (C=O) groups excluding carboxylic acids is 1. The molecule has 0 radical (unpaired) electrons. The van der Waals surface area contributed by atoms with E-state index in [2.05, 4.69) is 10.1 Å². The highest BCUT2D eigenvalue weighted by Crippen LogP contribution is 2.32. The van der Waals surface area contributed by atoms with Crippen molar-refractivity contribution in [2.75, 3.05) is 13.2 Å². The molecule has 4 rings (SSSR count). The van der Waals surface area contributed by atoms with Gasteiger partial charge < -0.3 is 14.4 Å². The van der Waals surface area contributed by atoms with Crippen LogP contribution < -0.4 is 0 Å². The molecule has 0 unspecified atom stereocenters. The van der Waals surface area contributed by atoms with E-state index in [0.29, 0.717) is 25.3 Å². The Morgan fingerprint density at radius 1 is 1.28 bits per heavy atom. The van der Waals surface area contributed by atoms with Gasteiger partial charge in [0.2, 0.25) is 0 Å². The SMILES string of the molecule is Cc1nc2c(c(-c3ccnn3[C@@H]3CCCCO3)n1)CCN(C(=O)OC(C)(C)C)C2. The Morgan fingerprint density at radius 3 is 2.83 bits per heavy atom. The maximum atomic E-state index is 12.5. The molecule has 1 amide bonds. The highest BCUT2D eigenvalue weighted by Gasteiger charge is 2.30. The molecular weight excluding hydrogens is 370 g/mol. The number of aryl methyl sites for hydroxylation is 1. The highest BCUT2D eigenvalue weighted by atomic mass is 16.6. The van der Waals surface area contributed by atoms with Gasteiger partial charge in [-0.2, -0.15) is 5.10 Å².